The second kappa shape index (κ2) is 5.41. The van der Waals surface area contributed by atoms with Crippen molar-refractivity contribution in [2.45, 2.75) is 43.9 Å². The molecule has 0 aliphatic heterocycles. The normalized spacial score (nSPS) is 19.8. The summed E-state index contributed by atoms with van der Waals surface area (Å²) >= 11 is 4.80. The summed E-state index contributed by atoms with van der Waals surface area (Å²) in [5.41, 5.74) is 1.83. The second-order valence-corrected chi connectivity index (χ2v) is 7.13. The van der Waals surface area contributed by atoms with Crippen LogP contribution in [0.25, 0.3) is 0 Å². The van der Waals surface area contributed by atoms with Crippen LogP contribution in [0, 0.1) is 11.3 Å². The largest absolute Gasteiger partial charge is 0.316 e. The number of anilines is 1. The molecule has 1 aromatic heterocycles. The first-order chi connectivity index (χ1) is 8.54. The number of carbonyl (C=O) groups excluding carboxylic acids is 1. The average molecular weight is 327 g/mol. The third-order valence-electron chi connectivity index (χ3n) is 3.27. The molecule has 0 spiro atoms. The molecule has 0 radical (unpaired) electrons. The van der Waals surface area contributed by atoms with Crippen molar-refractivity contribution in [1.82, 2.24) is 0 Å². The maximum atomic E-state index is 11.7. The lowest BCUT2D eigenvalue weighted by atomic mass is 9.87. The molecule has 1 amide bonds. The van der Waals surface area contributed by atoms with E-state index in [4.69, 9.17) is 0 Å². The smallest absolute Gasteiger partial charge is 0.238 e. The number of hydrogen-bond acceptors (Lipinski definition) is 3. The van der Waals surface area contributed by atoms with E-state index in [0.29, 0.717) is 16.5 Å². The molecular formula is C13H15BrN2OS. The molecule has 1 heterocycles. The highest BCUT2D eigenvalue weighted by Gasteiger charge is 2.26. The van der Waals surface area contributed by atoms with E-state index in [2.05, 4.69) is 34.2 Å². The molecule has 5 heteroatoms. The van der Waals surface area contributed by atoms with Crippen molar-refractivity contribution >= 4 is 38.2 Å². The number of aryl methyl sites for hydroxylation is 1. The van der Waals surface area contributed by atoms with Gasteiger partial charge in [0.2, 0.25) is 5.91 Å². The highest BCUT2D eigenvalue weighted by Crippen LogP contribution is 2.42. The Morgan fingerprint density at radius 1 is 1.67 bits per heavy atom. The molecular weight excluding hydrogens is 312 g/mol. The standard InChI is InChI=1S/C13H15BrN2OS/c1-7-4-3-5-10-11(7)9(6-15)13(18-10)16-12(17)8(2)14/h7-8H,3-5H2,1-2H3,(H,16,17)/t7-,8-/m1/s1. The van der Waals surface area contributed by atoms with Gasteiger partial charge in [0.15, 0.2) is 0 Å². The van der Waals surface area contributed by atoms with Gasteiger partial charge in [-0.25, -0.2) is 0 Å². The Hall–Kier alpha value is -0.860. The molecule has 0 aromatic carbocycles. The van der Waals surface area contributed by atoms with Crippen LogP contribution in [0.15, 0.2) is 0 Å². The van der Waals surface area contributed by atoms with Gasteiger partial charge in [0.1, 0.15) is 11.1 Å². The first-order valence-electron chi connectivity index (χ1n) is 6.05. The monoisotopic (exact) mass is 326 g/mol. The Morgan fingerprint density at radius 3 is 3.00 bits per heavy atom. The maximum absolute atomic E-state index is 11.7. The van der Waals surface area contributed by atoms with E-state index < -0.39 is 0 Å². The summed E-state index contributed by atoms with van der Waals surface area (Å²) in [7, 11) is 0. The molecule has 2 rings (SSSR count). The van der Waals surface area contributed by atoms with Crippen molar-refractivity contribution in [2.75, 3.05) is 5.32 Å². The van der Waals surface area contributed by atoms with Gasteiger partial charge in [-0.1, -0.05) is 22.9 Å². The summed E-state index contributed by atoms with van der Waals surface area (Å²) in [6.07, 6.45) is 3.32. The van der Waals surface area contributed by atoms with Gasteiger partial charge in [0, 0.05) is 4.88 Å². The second-order valence-electron chi connectivity index (χ2n) is 4.65. The van der Waals surface area contributed by atoms with E-state index >= 15 is 0 Å². The van der Waals surface area contributed by atoms with Gasteiger partial charge < -0.3 is 5.32 Å². The molecule has 0 fully saturated rings. The summed E-state index contributed by atoms with van der Waals surface area (Å²) in [5.74, 6) is 0.324. The third-order valence-corrected chi connectivity index (χ3v) is 4.86. The fourth-order valence-electron chi connectivity index (χ4n) is 2.32. The zero-order valence-corrected chi connectivity index (χ0v) is 12.8. The van der Waals surface area contributed by atoms with Gasteiger partial charge >= 0.3 is 0 Å². The Kier molecular flexibility index (Phi) is 4.08. The highest BCUT2D eigenvalue weighted by molar-refractivity contribution is 9.10. The maximum Gasteiger partial charge on any atom is 0.238 e. The quantitative estimate of drug-likeness (QED) is 0.841. The van der Waals surface area contributed by atoms with E-state index in [1.807, 2.05) is 0 Å². The molecule has 1 aliphatic carbocycles. The average Bonchev–Trinajstić information content (AvgIpc) is 2.67. The number of amides is 1. The van der Waals surface area contributed by atoms with Gasteiger partial charge in [-0.2, -0.15) is 5.26 Å². The Labute approximate surface area is 119 Å². The van der Waals surface area contributed by atoms with Crippen LogP contribution in [-0.2, 0) is 11.2 Å². The molecule has 0 unspecified atom stereocenters. The minimum absolute atomic E-state index is 0.0993. The van der Waals surface area contributed by atoms with Crippen LogP contribution in [-0.4, -0.2) is 10.7 Å². The molecule has 0 saturated carbocycles. The molecule has 96 valence electrons. The summed E-state index contributed by atoms with van der Waals surface area (Å²) in [6, 6.07) is 2.26. The Morgan fingerprint density at radius 2 is 2.39 bits per heavy atom. The van der Waals surface area contributed by atoms with Crippen LogP contribution in [0.5, 0.6) is 0 Å². The first kappa shape index (κ1) is 13.6. The van der Waals surface area contributed by atoms with Crippen LogP contribution >= 0.6 is 27.3 Å². The lowest BCUT2D eigenvalue weighted by Crippen LogP contribution is -2.19. The molecule has 0 bridgehead atoms. The van der Waals surface area contributed by atoms with Gasteiger partial charge in [-0.15, -0.1) is 11.3 Å². The minimum Gasteiger partial charge on any atom is -0.316 e. The van der Waals surface area contributed by atoms with Gasteiger partial charge in [0.05, 0.1) is 10.4 Å². The van der Waals surface area contributed by atoms with Crippen LogP contribution in [0.3, 0.4) is 0 Å². The molecule has 2 atom stereocenters. The van der Waals surface area contributed by atoms with Gasteiger partial charge in [0.25, 0.3) is 0 Å². The van der Waals surface area contributed by atoms with Crippen LogP contribution in [0.4, 0.5) is 5.00 Å². The zero-order valence-electron chi connectivity index (χ0n) is 10.4. The summed E-state index contributed by atoms with van der Waals surface area (Å²) < 4.78 is 0. The summed E-state index contributed by atoms with van der Waals surface area (Å²) in [6.45, 7) is 3.93. The molecule has 1 aliphatic rings. The number of hydrogen-bond donors (Lipinski definition) is 1. The molecule has 1 aromatic rings. The number of fused-ring (bicyclic) bond motifs is 1. The third kappa shape index (κ3) is 2.45. The van der Waals surface area contributed by atoms with Crippen LogP contribution in [0.1, 0.15) is 48.6 Å². The Bertz CT molecular complexity index is 516. The summed E-state index contributed by atoms with van der Waals surface area (Å²) in [5, 5.41) is 12.9. The molecule has 18 heavy (non-hydrogen) atoms. The Balaban J connectivity index is 2.38. The van der Waals surface area contributed by atoms with Crippen LogP contribution < -0.4 is 5.32 Å². The number of carbonyl (C=O) groups is 1. The van der Waals surface area contributed by atoms with Crippen molar-refractivity contribution in [3.63, 3.8) is 0 Å². The van der Waals surface area contributed by atoms with Crippen molar-refractivity contribution in [2.24, 2.45) is 0 Å². The van der Waals surface area contributed by atoms with Gasteiger partial charge in [-0.05, 0) is 37.7 Å². The number of thiophene rings is 1. The lowest BCUT2D eigenvalue weighted by Gasteiger charge is -2.18. The van der Waals surface area contributed by atoms with Crippen molar-refractivity contribution < 1.29 is 4.79 Å². The number of nitriles is 1. The number of nitrogens with zero attached hydrogens (tertiary/aromatic N) is 1. The number of halogens is 1. The minimum atomic E-state index is -0.249. The van der Waals surface area contributed by atoms with E-state index in [9.17, 15) is 10.1 Å². The predicted octanol–water partition coefficient (Wildman–Crippen LogP) is 3.78. The fourth-order valence-corrected chi connectivity index (χ4v) is 3.75. The van der Waals surface area contributed by atoms with Crippen LogP contribution in [0.2, 0.25) is 0 Å². The van der Waals surface area contributed by atoms with Crippen molar-refractivity contribution in [3.05, 3.63) is 16.0 Å². The number of alkyl halides is 1. The van der Waals surface area contributed by atoms with Gasteiger partial charge in [-0.3, -0.25) is 4.79 Å². The van der Waals surface area contributed by atoms with Crippen molar-refractivity contribution in [3.8, 4) is 6.07 Å². The topological polar surface area (TPSA) is 52.9 Å². The predicted molar refractivity (Wildman–Crippen MR) is 77.4 cm³/mol. The van der Waals surface area contributed by atoms with E-state index in [0.717, 1.165) is 18.4 Å². The van der Waals surface area contributed by atoms with E-state index in [1.165, 1.54) is 11.3 Å². The lowest BCUT2D eigenvalue weighted by molar-refractivity contribution is -0.115. The molecule has 0 saturated heterocycles. The first-order valence-corrected chi connectivity index (χ1v) is 7.78. The highest BCUT2D eigenvalue weighted by atomic mass is 79.9. The molecule has 3 nitrogen and oxygen atoms in total. The fraction of sp³-hybridized carbons (Fsp3) is 0.538. The number of rotatable bonds is 2. The number of nitrogens with one attached hydrogen (secondary N) is 1. The molecule has 1 N–H and O–H groups in total. The zero-order chi connectivity index (χ0) is 13.3. The SMILES string of the molecule is C[C@@H]1CCCc2sc(NC(=O)[C@@H](C)Br)c(C#N)c21. The van der Waals surface area contributed by atoms with E-state index in [-0.39, 0.29) is 10.7 Å². The van der Waals surface area contributed by atoms with E-state index in [1.54, 1.807) is 18.3 Å². The summed E-state index contributed by atoms with van der Waals surface area (Å²) in [4.78, 5) is 12.7. The van der Waals surface area contributed by atoms with Crippen molar-refractivity contribution in [1.29, 1.82) is 5.26 Å².